The van der Waals surface area contributed by atoms with E-state index in [1.54, 1.807) is 12.1 Å². The van der Waals surface area contributed by atoms with Crippen LogP contribution in [-0.2, 0) is 9.47 Å². The van der Waals surface area contributed by atoms with Crippen LogP contribution in [0.4, 0.5) is 0 Å². The summed E-state index contributed by atoms with van der Waals surface area (Å²) >= 11 is 0. The summed E-state index contributed by atoms with van der Waals surface area (Å²) in [6.45, 7) is 2.45. The van der Waals surface area contributed by atoms with Crippen molar-refractivity contribution in [2.75, 3.05) is 6.61 Å². The summed E-state index contributed by atoms with van der Waals surface area (Å²) in [7, 11) is 0. The molecule has 1 aromatic heterocycles. The van der Waals surface area contributed by atoms with Crippen molar-refractivity contribution < 1.29 is 44.2 Å². The fraction of sp³-hybridized carbons (Fsp3) is 0.550. The predicted molar refractivity (Wildman–Crippen MR) is 101 cm³/mol. The van der Waals surface area contributed by atoms with Crippen LogP contribution in [0.25, 0.3) is 11.0 Å². The van der Waals surface area contributed by atoms with Crippen LogP contribution in [0.15, 0.2) is 33.5 Å². The third-order valence-corrected chi connectivity index (χ3v) is 5.41. The second-order valence-electron chi connectivity index (χ2n) is 8.13. The highest BCUT2D eigenvalue weighted by Crippen LogP contribution is 2.45. The maximum absolute atomic E-state index is 11.5. The van der Waals surface area contributed by atoms with E-state index >= 15 is 0 Å². The van der Waals surface area contributed by atoms with E-state index in [4.69, 9.17) is 18.6 Å². The topological polar surface area (TPSA) is 159 Å². The fourth-order valence-corrected chi connectivity index (χ4v) is 3.78. The first-order valence-electron chi connectivity index (χ1n) is 9.53. The Morgan fingerprint density at radius 1 is 1.10 bits per heavy atom. The number of hydrogen-bond acceptors (Lipinski definition) is 10. The molecule has 30 heavy (non-hydrogen) atoms. The van der Waals surface area contributed by atoms with Gasteiger partial charge in [0.1, 0.15) is 41.9 Å². The Morgan fingerprint density at radius 3 is 2.50 bits per heavy atom. The van der Waals surface area contributed by atoms with Gasteiger partial charge in [-0.15, -0.1) is 0 Å². The van der Waals surface area contributed by atoms with Crippen molar-refractivity contribution in [3.63, 3.8) is 0 Å². The zero-order valence-electron chi connectivity index (χ0n) is 16.3. The van der Waals surface area contributed by atoms with Gasteiger partial charge in [-0.2, -0.15) is 0 Å². The molecule has 2 aliphatic rings. The van der Waals surface area contributed by atoms with Gasteiger partial charge in [0.25, 0.3) is 0 Å². The summed E-state index contributed by atoms with van der Waals surface area (Å²) in [5, 5.41) is 50.9. The summed E-state index contributed by atoms with van der Waals surface area (Å²) in [6.07, 6.45) is -9.13. The third kappa shape index (κ3) is 3.60. The smallest absolute Gasteiger partial charge is 0.336 e. The average molecular weight is 424 g/mol. The maximum atomic E-state index is 11.5. The molecule has 0 radical (unpaired) electrons. The molecule has 164 valence electrons. The van der Waals surface area contributed by atoms with Crippen molar-refractivity contribution >= 4 is 11.0 Å². The van der Waals surface area contributed by atoms with Crippen LogP contribution < -0.4 is 10.4 Å². The zero-order chi connectivity index (χ0) is 21.8. The minimum atomic E-state index is -1.60. The molecule has 10 heteroatoms. The van der Waals surface area contributed by atoms with E-state index in [0.717, 1.165) is 0 Å². The number of benzene rings is 1. The molecule has 1 saturated heterocycles. The van der Waals surface area contributed by atoms with Crippen LogP contribution in [0.3, 0.4) is 0 Å². The average Bonchev–Trinajstić information content (AvgIpc) is 3.04. The number of fused-ring (bicyclic) bond motifs is 2. The van der Waals surface area contributed by atoms with Gasteiger partial charge in [0.05, 0.1) is 12.2 Å². The summed E-state index contributed by atoms with van der Waals surface area (Å²) in [4.78, 5) is 11.5. The Morgan fingerprint density at radius 2 is 1.83 bits per heavy atom. The molecule has 0 amide bonds. The van der Waals surface area contributed by atoms with Gasteiger partial charge in [-0.25, -0.2) is 4.79 Å². The summed E-state index contributed by atoms with van der Waals surface area (Å²) in [5.74, 6) is 0.318. The number of rotatable bonds is 4. The molecule has 0 saturated carbocycles. The molecular weight excluding hydrogens is 400 g/mol. The molecule has 0 unspecified atom stereocenters. The quantitative estimate of drug-likeness (QED) is 0.393. The lowest BCUT2D eigenvalue weighted by molar-refractivity contribution is -0.319. The van der Waals surface area contributed by atoms with Crippen molar-refractivity contribution in [1.29, 1.82) is 0 Å². The van der Waals surface area contributed by atoms with Gasteiger partial charge < -0.3 is 44.2 Å². The summed E-state index contributed by atoms with van der Waals surface area (Å²) in [5.41, 5.74) is -1.09. The van der Waals surface area contributed by atoms with Crippen molar-refractivity contribution in [3.05, 3.63) is 40.2 Å². The fourth-order valence-electron chi connectivity index (χ4n) is 3.78. The monoisotopic (exact) mass is 424 g/mol. The molecule has 10 nitrogen and oxygen atoms in total. The zero-order valence-corrected chi connectivity index (χ0v) is 16.3. The van der Waals surface area contributed by atoms with Crippen molar-refractivity contribution in [1.82, 2.24) is 0 Å². The third-order valence-electron chi connectivity index (χ3n) is 5.41. The minimum Gasteiger partial charge on any atom is -0.484 e. The van der Waals surface area contributed by atoms with Crippen LogP contribution in [0, 0.1) is 0 Å². The summed E-state index contributed by atoms with van der Waals surface area (Å²) < 4.78 is 22.4. The highest BCUT2D eigenvalue weighted by Gasteiger charge is 2.50. The second-order valence-corrected chi connectivity index (χ2v) is 8.13. The van der Waals surface area contributed by atoms with Gasteiger partial charge in [0.15, 0.2) is 12.4 Å². The van der Waals surface area contributed by atoms with Gasteiger partial charge in [0.2, 0.25) is 0 Å². The van der Waals surface area contributed by atoms with Crippen LogP contribution in [-0.4, -0.2) is 74.6 Å². The van der Waals surface area contributed by atoms with Crippen LogP contribution in [0.1, 0.15) is 25.5 Å². The van der Waals surface area contributed by atoms with E-state index in [9.17, 15) is 30.3 Å². The van der Waals surface area contributed by atoms with E-state index in [0.29, 0.717) is 22.3 Å². The predicted octanol–water partition coefficient (Wildman–Crippen LogP) is -0.818. The number of ether oxygens (including phenoxy) is 3. The van der Waals surface area contributed by atoms with Crippen LogP contribution >= 0.6 is 0 Å². The Balaban J connectivity index is 1.72. The molecule has 0 aliphatic carbocycles. The molecule has 0 bridgehead atoms. The first-order valence-corrected chi connectivity index (χ1v) is 9.53. The Hall–Kier alpha value is -2.05. The highest BCUT2D eigenvalue weighted by atomic mass is 16.7. The largest absolute Gasteiger partial charge is 0.484 e. The molecule has 1 aromatic carbocycles. The van der Waals surface area contributed by atoms with Gasteiger partial charge in [-0.3, -0.25) is 0 Å². The molecule has 3 heterocycles. The molecule has 7 atom stereocenters. The van der Waals surface area contributed by atoms with E-state index in [1.807, 2.05) is 0 Å². The first kappa shape index (κ1) is 21.2. The number of aliphatic hydroxyl groups is 5. The molecule has 2 aromatic rings. The molecule has 1 fully saturated rings. The number of aliphatic hydroxyl groups excluding tert-OH is 4. The van der Waals surface area contributed by atoms with Gasteiger partial charge in [-0.1, -0.05) is 0 Å². The van der Waals surface area contributed by atoms with Gasteiger partial charge in [0, 0.05) is 23.1 Å². The maximum Gasteiger partial charge on any atom is 0.336 e. The number of hydrogen-bond donors (Lipinski definition) is 5. The van der Waals surface area contributed by atoms with Gasteiger partial charge in [-0.05, 0) is 26.0 Å². The molecular formula is C20H24O10. The highest BCUT2D eigenvalue weighted by molar-refractivity contribution is 5.80. The van der Waals surface area contributed by atoms with E-state index in [1.165, 1.54) is 26.0 Å². The Labute approximate surface area is 170 Å². The van der Waals surface area contributed by atoms with Crippen molar-refractivity contribution in [3.8, 4) is 5.75 Å². The van der Waals surface area contributed by atoms with E-state index in [-0.39, 0.29) is 0 Å². The lowest BCUT2D eigenvalue weighted by atomic mass is 9.93. The standard InChI is InChI=1S/C20H24O10/c1-20(2,26)18-17(30-19-16(25)15(24)14(23)12(7-21)29-19)9-5-8-3-4-13(22)27-10(8)6-11(9)28-18/h3-6,12,14-19,21,23-26H,7H2,1-2H3/t12-,14-,15+,16-,17+,18+,19-/m1/s1. The van der Waals surface area contributed by atoms with E-state index in [2.05, 4.69) is 0 Å². The molecule has 0 spiro atoms. The van der Waals surface area contributed by atoms with Crippen molar-refractivity contribution in [2.24, 2.45) is 0 Å². The second kappa shape index (κ2) is 7.57. The normalized spacial score (nSPS) is 34.0. The first-order chi connectivity index (χ1) is 14.1. The Bertz CT molecular complexity index is 978. The van der Waals surface area contributed by atoms with Crippen molar-refractivity contribution in [2.45, 2.75) is 62.4 Å². The Kier molecular flexibility index (Phi) is 5.35. The molecule has 2 aliphatic heterocycles. The van der Waals surface area contributed by atoms with E-state index < -0.39 is 60.7 Å². The lowest BCUT2D eigenvalue weighted by Gasteiger charge is -2.41. The summed E-state index contributed by atoms with van der Waals surface area (Å²) in [6, 6.07) is 6.03. The minimum absolute atomic E-state index is 0.296. The SMILES string of the molecule is CC(C)(O)[C@H]1Oc2cc3oc(=O)ccc3cc2[C@@H]1O[C@H]1O[C@H](CO)[C@@H](O)[C@H](O)[C@H]1O. The van der Waals surface area contributed by atoms with Gasteiger partial charge >= 0.3 is 5.63 Å². The molecule has 5 N–H and O–H groups in total. The molecule has 4 rings (SSSR count). The van der Waals surface area contributed by atoms with Crippen LogP contribution in [0.2, 0.25) is 0 Å². The lowest BCUT2D eigenvalue weighted by Crippen LogP contribution is -2.59. The van der Waals surface area contributed by atoms with Crippen LogP contribution in [0.5, 0.6) is 5.75 Å².